The average molecular weight is 324 g/mol. The van der Waals surface area contributed by atoms with Crippen molar-refractivity contribution in [3.05, 3.63) is 46.8 Å². The number of carbonyl (C=O) groups is 1. The van der Waals surface area contributed by atoms with E-state index in [-0.39, 0.29) is 5.78 Å². The molecule has 0 unspecified atom stereocenters. The van der Waals surface area contributed by atoms with Crippen molar-refractivity contribution in [1.82, 2.24) is 9.97 Å². The van der Waals surface area contributed by atoms with Crippen molar-refractivity contribution in [3.8, 4) is 11.8 Å². The van der Waals surface area contributed by atoms with Crippen molar-refractivity contribution in [2.24, 2.45) is 0 Å². The monoisotopic (exact) mass is 324 g/mol. The number of hydrogen-bond donors (Lipinski definition) is 0. The van der Waals surface area contributed by atoms with Gasteiger partial charge in [0, 0.05) is 11.1 Å². The van der Waals surface area contributed by atoms with Crippen LogP contribution in [0.4, 0.5) is 0 Å². The van der Waals surface area contributed by atoms with Gasteiger partial charge in [0.1, 0.15) is 11.4 Å². The zero-order valence-corrected chi connectivity index (χ0v) is 13.9. The van der Waals surface area contributed by atoms with Gasteiger partial charge in [0.25, 0.3) is 0 Å². The topological polar surface area (TPSA) is 61.3 Å². The van der Waals surface area contributed by atoms with Crippen molar-refractivity contribution in [2.75, 3.05) is 14.2 Å². The summed E-state index contributed by atoms with van der Waals surface area (Å²) in [5.74, 6) is 1.92. The summed E-state index contributed by atoms with van der Waals surface area (Å²) in [6.07, 6.45) is 4.64. The quantitative estimate of drug-likeness (QED) is 0.761. The molecule has 0 spiro atoms. The van der Waals surface area contributed by atoms with E-state index in [2.05, 4.69) is 9.97 Å². The first-order valence-electron chi connectivity index (χ1n) is 8.36. The van der Waals surface area contributed by atoms with E-state index in [1.54, 1.807) is 26.4 Å². The lowest BCUT2D eigenvalue weighted by Crippen LogP contribution is -2.09. The zero-order valence-electron chi connectivity index (χ0n) is 13.9. The van der Waals surface area contributed by atoms with Gasteiger partial charge in [-0.25, -0.2) is 9.97 Å². The van der Waals surface area contributed by atoms with E-state index in [1.165, 1.54) is 0 Å². The number of ketones is 1. The van der Waals surface area contributed by atoms with Crippen LogP contribution in [0.2, 0.25) is 0 Å². The van der Waals surface area contributed by atoms with Gasteiger partial charge >= 0.3 is 0 Å². The third kappa shape index (κ3) is 2.75. The highest BCUT2D eigenvalue weighted by Crippen LogP contribution is 2.44. The fourth-order valence-electron chi connectivity index (χ4n) is 3.02. The lowest BCUT2D eigenvalue weighted by molar-refractivity contribution is 0.102. The number of pyridine rings is 2. The predicted molar refractivity (Wildman–Crippen MR) is 89.0 cm³/mol. The van der Waals surface area contributed by atoms with Crippen LogP contribution in [0.3, 0.4) is 0 Å². The number of ether oxygens (including phenoxy) is 2. The first-order chi connectivity index (χ1) is 11.7. The molecule has 0 atom stereocenters. The van der Waals surface area contributed by atoms with Gasteiger partial charge in [0.15, 0.2) is 0 Å². The molecule has 5 nitrogen and oxygen atoms in total. The van der Waals surface area contributed by atoms with E-state index in [9.17, 15) is 4.79 Å². The van der Waals surface area contributed by atoms with Crippen LogP contribution in [-0.4, -0.2) is 30.0 Å². The Morgan fingerprint density at radius 1 is 0.833 bits per heavy atom. The Morgan fingerprint density at radius 3 is 1.58 bits per heavy atom. The van der Waals surface area contributed by atoms with Crippen molar-refractivity contribution in [3.63, 3.8) is 0 Å². The van der Waals surface area contributed by atoms with Crippen molar-refractivity contribution >= 4 is 5.78 Å². The maximum atomic E-state index is 12.7. The fraction of sp³-hybridized carbons (Fsp3) is 0.421. The highest BCUT2D eigenvalue weighted by molar-refractivity contribution is 6.06. The van der Waals surface area contributed by atoms with E-state index < -0.39 is 0 Å². The maximum absolute atomic E-state index is 12.7. The van der Waals surface area contributed by atoms with Crippen molar-refractivity contribution in [1.29, 1.82) is 0 Å². The minimum atomic E-state index is -0.212. The number of carbonyl (C=O) groups excluding carboxylic acids is 1. The zero-order chi connectivity index (χ0) is 16.7. The molecular formula is C19H20N2O3. The van der Waals surface area contributed by atoms with E-state index >= 15 is 0 Å². The largest absolute Gasteiger partial charge is 0.481 e. The Hall–Kier alpha value is -2.43. The molecule has 4 rings (SSSR count). The van der Waals surface area contributed by atoms with E-state index in [1.807, 2.05) is 12.1 Å². The summed E-state index contributed by atoms with van der Waals surface area (Å²) >= 11 is 0. The number of nitrogens with zero attached hydrogens (tertiary/aromatic N) is 2. The first-order valence-corrected chi connectivity index (χ1v) is 8.36. The second-order valence-electron chi connectivity index (χ2n) is 6.47. The molecule has 2 heterocycles. The minimum absolute atomic E-state index is 0.212. The van der Waals surface area contributed by atoms with Crippen LogP contribution in [0.5, 0.6) is 11.8 Å². The lowest BCUT2D eigenvalue weighted by Gasteiger charge is -2.10. The molecule has 2 aromatic rings. The van der Waals surface area contributed by atoms with Gasteiger partial charge in [0.05, 0.1) is 14.2 Å². The highest BCUT2D eigenvalue weighted by Gasteiger charge is 2.30. The Balaban J connectivity index is 1.65. The first kappa shape index (κ1) is 15.1. The van der Waals surface area contributed by atoms with Gasteiger partial charge in [-0.2, -0.15) is 0 Å². The van der Waals surface area contributed by atoms with Gasteiger partial charge < -0.3 is 9.47 Å². The molecule has 5 heteroatoms. The third-order valence-electron chi connectivity index (χ3n) is 4.67. The molecule has 0 radical (unpaired) electrons. The van der Waals surface area contributed by atoms with Gasteiger partial charge in [-0.15, -0.1) is 0 Å². The summed E-state index contributed by atoms with van der Waals surface area (Å²) in [4.78, 5) is 21.5. The molecule has 0 aliphatic heterocycles. The second-order valence-corrected chi connectivity index (χ2v) is 6.47. The molecule has 0 amide bonds. The molecule has 2 aromatic heterocycles. The summed E-state index contributed by atoms with van der Waals surface area (Å²) in [6.45, 7) is 0. The minimum Gasteiger partial charge on any atom is -0.481 e. The normalized spacial score (nSPS) is 16.8. The Bertz CT molecular complexity index is 730. The molecule has 124 valence electrons. The molecule has 2 aliphatic rings. The fourth-order valence-corrected chi connectivity index (χ4v) is 3.02. The summed E-state index contributed by atoms with van der Waals surface area (Å²) in [7, 11) is 3.18. The van der Waals surface area contributed by atoms with Crippen molar-refractivity contribution < 1.29 is 14.3 Å². The van der Waals surface area contributed by atoms with Crippen LogP contribution in [0.25, 0.3) is 0 Å². The lowest BCUT2D eigenvalue weighted by atomic mass is 10.1. The molecule has 0 N–H and O–H groups in total. The molecule has 2 saturated carbocycles. The van der Waals surface area contributed by atoms with E-state index in [4.69, 9.17) is 9.47 Å². The Kier molecular flexibility index (Phi) is 3.71. The predicted octanol–water partition coefficient (Wildman–Crippen LogP) is 3.48. The van der Waals surface area contributed by atoms with Crippen LogP contribution >= 0.6 is 0 Å². The van der Waals surface area contributed by atoms with Crippen molar-refractivity contribution in [2.45, 2.75) is 37.5 Å². The van der Waals surface area contributed by atoms with Crippen LogP contribution in [0, 0.1) is 0 Å². The second kappa shape index (κ2) is 5.89. The number of hydrogen-bond acceptors (Lipinski definition) is 5. The van der Waals surface area contributed by atoms with Gasteiger partial charge in [-0.3, -0.25) is 4.79 Å². The number of rotatable bonds is 6. The van der Waals surface area contributed by atoms with E-state index in [0.29, 0.717) is 35.0 Å². The standard InChI is InChI=1S/C19H20N2O3/c1-23-18-13(11-3-4-11)7-9-15(20-18)17(22)16-10-8-14(12-5-6-12)19(21-16)24-2/h7-12H,3-6H2,1-2H3. The molecule has 24 heavy (non-hydrogen) atoms. The van der Waals surface area contributed by atoms with Crippen LogP contribution < -0.4 is 9.47 Å². The van der Waals surface area contributed by atoms with Gasteiger partial charge in [-0.05, 0) is 49.7 Å². The smallest absolute Gasteiger partial charge is 0.229 e. The molecular weight excluding hydrogens is 304 g/mol. The molecule has 2 fully saturated rings. The third-order valence-corrected chi connectivity index (χ3v) is 4.67. The molecule has 0 bridgehead atoms. The average Bonchev–Trinajstić information content (AvgIpc) is 3.51. The SMILES string of the molecule is COc1nc(C(=O)c2ccc(C3CC3)c(OC)n2)ccc1C1CC1. The van der Waals surface area contributed by atoms with Gasteiger partial charge in [-0.1, -0.05) is 12.1 Å². The highest BCUT2D eigenvalue weighted by atomic mass is 16.5. The molecule has 0 saturated heterocycles. The summed E-state index contributed by atoms with van der Waals surface area (Å²) in [5, 5.41) is 0. The van der Waals surface area contributed by atoms with E-state index in [0.717, 1.165) is 36.8 Å². The van der Waals surface area contributed by atoms with Crippen LogP contribution in [0.15, 0.2) is 24.3 Å². The van der Waals surface area contributed by atoms with Gasteiger partial charge in [0.2, 0.25) is 17.5 Å². The summed E-state index contributed by atoms with van der Waals surface area (Å²) in [5.41, 5.74) is 2.88. The maximum Gasteiger partial charge on any atom is 0.229 e. The number of methoxy groups -OCH3 is 2. The molecule has 2 aliphatic carbocycles. The van der Waals surface area contributed by atoms with Crippen LogP contribution in [-0.2, 0) is 0 Å². The summed E-state index contributed by atoms with van der Waals surface area (Å²) < 4.78 is 10.7. The number of aromatic nitrogens is 2. The Labute approximate surface area is 141 Å². The Morgan fingerprint density at radius 2 is 1.25 bits per heavy atom. The summed E-state index contributed by atoms with van der Waals surface area (Å²) in [6, 6.07) is 7.43. The molecule has 0 aromatic carbocycles. The van der Waals surface area contributed by atoms with Crippen LogP contribution in [0.1, 0.15) is 64.8 Å².